The average molecular weight is 448 g/mol. The summed E-state index contributed by atoms with van der Waals surface area (Å²) in [6.45, 7) is 4.93. The van der Waals surface area contributed by atoms with E-state index < -0.39 is 5.54 Å². The van der Waals surface area contributed by atoms with Crippen molar-refractivity contribution in [3.63, 3.8) is 0 Å². The van der Waals surface area contributed by atoms with Crippen LogP contribution < -0.4 is 5.32 Å². The number of rotatable bonds is 5. The maximum absolute atomic E-state index is 13.8. The molecule has 1 N–H and O–H groups in total. The third-order valence-corrected chi connectivity index (χ3v) is 7.55. The van der Waals surface area contributed by atoms with Crippen LogP contribution in [0.25, 0.3) is 11.1 Å². The van der Waals surface area contributed by atoms with Crippen LogP contribution in [-0.2, 0) is 11.3 Å². The molecule has 1 aliphatic heterocycles. The van der Waals surface area contributed by atoms with E-state index in [4.69, 9.17) is 4.42 Å². The molecule has 1 saturated carbocycles. The molecule has 2 amide bonds. The van der Waals surface area contributed by atoms with Crippen molar-refractivity contribution < 1.29 is 14.0 Å². The zero-order valence-corrected chi connectivity index (χ0v) is 19.5. The maximum atomic E-state index is 13.8. The summed E-state index contributed by atoms with van der Waals surface area (Å²) >= 11 is 0. The number of carbonyl (C=O) groups is 2. The quantitative estimate of drug-likeness (QED) is 0.554. The molecular formula is C27H33N3O3. The Morgan fingerprint density at radius 1 is 1.15 bits per heavy atom. The Hall–Kier alpha value is -3.02. The smallest absolute Gasteiger partial charge is 0.271 e. The number of hydrogen-bond donors (Lipinski definition) is 1. The summed E-state index contributed by atoms with van der Waals surface area (Å²) in [6, 6.07) is 14.0. The van der Waals surface area contributed by atoms with E-state index >= 15 is 0 Å². The van der Waals surface area contributed by atoms with Gasteiger partial charge >= 0.3 is 0 Å². The van der Waals surface area contributed by atoms with Gasteiger partial charge in [0.05, 0.1) is 18.3 Å². The van der Waals surface area contributed by atoms with Crippen LogP contribution >= 0.6 is 0 Å². The summed E-state index contributed by atoms with van der Waals surface area (Å²) in [6.07, 6.45) is 8.41. The van der Waals surface area contributed by atoms with Crippen LogP contribution in [0.4, 0.5) is 0 Å². The van der Waals surface area contributed by atoms with Crippen molar-refractivity contribution in [1.82, 2.24) is 14.8 Å². The molecule has 0 radical (unpaired) electrons. The average Bonchev–Trinajstić information content (AvgIpc) is 3.31. The third kappa shape index (κ3) is 3.96. The number of benzene rings is 1. The van der Waals surface area contributed by atoms with E-state index in [0.717, 1.165) is 36.8 Å². The van der Waals surface area contributed by atoms with Gasteiger partial charge in [-0.2, -0.15) is 0 Å². The van der Waals surface area contributed by atoms with Crippen LogP contribution in [0.5, 0.6) is 0 Å². The van der Waals surface area contributed by atoms with Gasteiger partial charge in [0.2, 0.25) is 5.91 Å². The summed E-state index contributed by atoms with van der Waals surface area (Å²) in [7, 11) is 0. The lowest BCUT2D eigenvalue weighted by atomic mass is 9.91. The molecule has 0 spiro atoms. The third-order valence-electron chi connectivity index (χ3n) is 7.55. The summed E-state index contributed by atoms with van der Waals surface area (Å²) in [5.41, 5.74) is 2.31. The highest BCUT2D eigenvalue weighted by atomic mass is 16.3. The van der Waals surface area contributed by atoms with Crippen molar-refractivity contribution in [3.8, 4) is 0 Å². The number of amides is 2. The Morgan fingerprint density at radius 2 is 1.88 bits per heavy atom. The molecule has 6 nitrogen and oxygen atoms in total. The predicted octanol–water partition coefficient (Wildman–Crippen LogP) is 5.09. The van der Waals surface area contributed by atoms with Crippen LogP contribution in [0.3, 0.4) is 0 Å². The first-order valence-corrected chi connectivity index (χ1v) is 12.2. The second kappa shape index (κ2) is 8.73. The van der Waals surface area contributed by atoms with Crippen LogP contribution in [0.1, 0.15) is 74.3 Å². The lowest BCUT2D eigenvalue weighted by Crippen LogP contribution is -2.65. The van der Waals surface area contributed by atoms with E-state index in [2.05, 4.69) is 24.4 Å². The van der Waals surface area contributed by atoms with Gasteiger partial charge in [0.25, 0.3) is 5.91 Å². The highest BCUT2D eigenvalue weighted by molar-refractivity contribution is 6.03. The molecule has 33 heavy (non-hydrogen) atoms. The van der Waals surface area contributed by atoms with Gasteiger partial charge in [-0.15, -0.1) is 0 Å². The number of hydrogen-bond acceptors (Lipinski definition) is 3. The summed E-state index contributed by atoms with van der Waals surface area (Å²) in [5, 5.41) is 3.33. The van der Waals surface area contributed by atoms with Gasteiger partial charge in [-0.25, -0.2) is 0 Å². The SMILES string of the molecule is C[C@@H](CN1C(=O)c2cc3occc3n2C[C@@]1(C)C(=O)NC1CCCCCC1)c1ccccc1. The largest absolute Gasteiger partial charge is 0.463 e. The predicted molar refractivity (Wildman–Crippen MR) is 128 cm³/mol. The fourth-order valence-electron chi connectivity index (χ4n) is 5.48. The second-order valence-corrected chi connectivity index (χ2v) is 9.95. The molecular weight excluding hydrogens is 414 g/mol. The Bertz CT molecular complexity index is 1140. The van der Waals surface area contributed by atoms with Gasteiger partial charge < -0.3 is 19.2 Å². The van der Waals surface area contributed by atoms with Crippen LogP contribution in [0.15, 0.2) is 53.1 Å². The Labute approximate surface area is 194 Å². The van der Waals surface area contributed by atoms with Crippen molar-refractivity contribution in [2.45, 2.75) is 76.4 Å². The molecule has 2 atom stereocenters. The van der Waals surface area contributed by atoms with E-state index in [-0.39, 0.29) is 23.8 Å². The highest BCUT2D eigenvalue weighted by Gasteiger charge is 2.48. The zero-order chi connectivity index (χ0) is 23.0. The van der Waals surface area contributed by atoms with E-state index in [1.807, 2.05) is 35.8 Å². The highest BCUT2D eigenvalue weighted by Crippen LogP contribution is 2.35. The Balaban J connectivity index is 1.49. The number of nitrogens with one attached hydrogen (secondary N) is 1. The monoisotopic (exact) mass is 447 g/mol. The lowest BCUT2D eigenvalue weighted by molar-refractivity contribution is -0.133. The topological polar surface area (TPSA) is 67.5 Å². The first kappa shape index (κ1) is 21.8. The molecule has 2 aromatic heterocycles. The molecule has 2 aliphatic rings. The molecule has 3 heterocycles. The Morgan fingerprint density at radius 3 is 2.61 bits per heavy atom. The first-order chi connectivity index (χ1) is 16.0. The minimum absolute atomic E-state index is 0.0565. The fraction of sp³-hybridized carbons (Fsp3) is 0.481. The van der Waals surface area contributed by atoms with Crippen molar-refractivity contribution in [3.05, 3.63) is 60.0 Å². The number of furan rings is 1. The molecule has 1 aliphatic carbocycles. The van der Waals surface area contributed by atoms with Gasteiger partial charge in [0, 0.05) is 24.7 Å². The standard InChI is InChI=1S/C27H33N3O3/c1-19(20-10-6-5-7-11-20)17-30-25(31)23-16-24-22(14-15-33-24)29(23)18-27(30,2)26(32)28-21-12-8-3-4-9-13-21/h5-7,10-11,14-16,19,21H,3-4,8-9,12-13,17-18H2,1-2H3,(H,28,32)/t19-,27-/m0/s1. The van der Waals surface area contributed by atoms with Crippen LogP contribution in [0.2, 0.25) is 0 Å². The molecule has 0 unspecified atom stereocenters. The molecule has 0 bridgehead atoms. The Kier molecular flexibility index (Phi) is 5.77. The van der Waals surface area contributed by atoms with E-state index in [1.54, 1.807) is 17.2 Å². The minimum atomic E-state index is -0.983. The molecule has 1 aromatic carbocycles. The van der Waals surface area contributed by atoms with E-state index in [0.29, 0.717) is 24.4 Å². The van der Waals surface area contributed by atoms with Crippen molar-refractivity contribution >= 4 is 22.9 Å². The molecule has 3 aromatic rings. The zero-order valence-electron chi connectivity index (χ0n) is 19.5. The molecule has 5 rings (SSSR count). The molecule has 174 valence electrons. The normalized spacial score (nSPS) is 22.7. The minimum Gasteiger partial charge on any atom is -0.463 e. The lowest BCUT2D eigenvalue weighted by Gasteiger charge is -2.45. The summed E-state index contributed by atoms with van der Waals surface area (Å²) in [4.78, 5) is 29.4. The fourth-order valence-corrected chi connectivity index (χ4v) is 5.48. The maximum Gasteiger partial charge on any atom is 0.271 e. The van der Waals surface area contributed by atoms with E-state index in [9.17, 15) is 9.59 Å². The number of fused-ring (bicyclic) bond motifs is 3. The number of carbonyl (C=O) groups excluding carboxylic acids is 2. The molecule has 6 heteroatoms. The molecule has 1 fully saturated rings. The first-order valence-electron chi connectivity index (χ1n) is 12.2. The number of nitrogens with zero attached hydrogens (tertiary/aromatic N) is 2. The van der Waals surface area contributed by atoms with E-state index in [1.165, 1.54) is 12.8 Å². The second-order valence-electron chi connectivity index (χ2n) is 9.95. The van der Waals surface area contributed by atoms with Crippen molar-refractivity contribution in [2.24, 2.45) is 0 Å². The number of aromatic nitrogens is 1. The van der Waals surface area contributed by atoms with Gasteiger partial charge in [-0.1, -0.05) is 62.9 Å². The van der Waals surface area contributed by atoms with Crippen LogP contribution in [0, 0.1) is 0 Å². The summed E-state index contributed by atoms with van der Waals surface area (Å²) < 4.78 is 7.53. The van der Waals surface area contributed by atoms with Gasteiger partial charge in [0.1, 0.15) is 11.2 Å². The van der Waals surface area contributed by atoms with Gasteiger partial charge in [0.15, 0.2) is 5.58 Å². The molecule has 0 saturated heterocycles. The van der Waals surface area contributed by atoms with Gasteiger partial charge in [-0.3, -0.25) is 9.59 Å². The summed E-state index contributed by atoms with van der Waals surface area (Å²) in [5.74, 6) is -0.0717. The van der Waals surface area contributed by atoms with Crippen molar-refractivity contribution in [2.75, 3.05) is 6.54 Å². The van der Waals surface area contributed by atoms with Crippen molar-refractivity contribution in [1.29, 1.82) is 0 Å². The van der Waals surface area contributed by atoms with Gasteiger partial charge in [-0.05, 0) is 31.2 Å². The van der Waals surface area contributed by atoms with Crippen LogP contribution in [-0.4, -0.2) is 39.4 Å².